The molecule has 2 fully saturated rings. The number of anilines is 1. The molecular weight excluding hydrogens is 382 g/mol. The van der Waals surface area contributed by atoms with Gasteiger partial charge >= 0.3 is 0 Å². The van der Waals surface area contributed by atoms with Crippen molar-refractivity contribution < 1.29 is 19.7 Å². The molecule has 3 aromatic rings. The number of hydrogen-bond donors (Lipinski definition) is 3. The number of fused-ring (bicyclic) bond motifs is 3. The third-order valence-corrected chi connectivity index (χ3v) is 6.71. The summed E-state index contributed by atoms with van der Waals surface area (Å²) in [6.07, 6.45) is 1.61. The van der Waals surface area contributed by atoms with Gasteiger partial charge in [0.2, 0.25) is 0 Å². The fourth-order valence-electron chi connectivity index (χ4n) is 3.65. The number of thioether (sulfide) groups is 1. The molecule has 0 saturated carbocycles. The number of nitrogens with zero attached hydrogens (tertiary/aromatic N) is 4. The van der Waals surface area contributed by atoms with Gasteiger partial charge in [-0.3, -0.25) is 9.36 Å². The minimum Gasteiger partial charge on any atom is -0.393 e. The zero-order valence-electron chi connectivity index (χ0n) is 14.6. The van der Waals surface area contributed by atoms with Crippen molar-refractivity contribution in [1.82, 2.24) is 19.5 Å². The van der Waals surface area contributed by atoms with E-state index in [0.717, 1.165) is 0 Å². The lowest BCUT2D eigenvalue weighted by Gasteiger charge is -2.29. The van der Waals surface area contributed by atoms with Gasteiger partial charge in [-0.15, -0.1) is 11.8 Å². The van der Waals surface area contributed by atoms with E-state index in [1.54, 1.807) is 46.9 Å². The number of imidazole rings is 1. The van der Waals surface area contributed by atoms with Crippen LogP contribution >= 0.6 is 11.8 Å². The number of carbonyl (C=O) groups excluding carboxylic acids is 1. The summed E-state index contributed by atoms with van der Waals surface area (Å²) in [5, 5.41) is 22.7. The Hall–Kier alpha value is -2.53. The maximum atomic E-state index is 12.5. The first-order valence-corrected chi connectivity index (χ1v) is 9.80. The molecule has 9 nitrogen and oxygen atoms in total. The largest absolute Gasteiger partial charge is 0.393 e. The summed E-state index contributed by atoms with van der Waals surface area (Å²) in [6.45, 7) is -0.256. The fourth-order valence-corrected chi connectivity index (χ4v) is 5.24. The Kier molecular flexibility index (Phi) is 4.09. The van der Waals surface area contributed by atoms with E-state index in [-0.39, 0.29) is 17.8 Å². The van der Waals surface area contributed by atoms with Crippen molar-refractivity contribution in [2.45, 2.75) is 23.2 Å². The smallest absolute Gasteiger partial charge is 0.256 e. The van der Waals surface area contributed by atoms with Crippen LogP contribution < -0.4 is 5.32 Å². The highest BCUT2D eigenvalue weighted by Crippen LogP contribution is 2.52. The normalized spacial score (nSPS) is 28.7. The number of amides is 1. The maximum Gasteiger partial charge on any atom is 0.256 e. The quantitative estimate of drug-likeness (QED) is 0.589. The third kappa shape index (κ3) is 2.53. The van der Waals surface area contributed by atoms with Crippen LogP contribution in [-0.2, 0) is 4.74 Å². The molecule has 2 aliphatic rings. The second-order valence-electron chi connectivity index (χ2n) is 6.82. The van der Waals surface area contributed by atoms with Gasteiger partial charge in [0.25, 0.3) is 5.91 Å². The molecule has 1 aromatic carbocycles. The minimum absolute atomic E-state index is 0.234. The molecule has 2 aliphatic heterocycles. The molecule has 4 atom stereocenters. The predicted molar refractivity (Wildman–Crippen MR) is 102 cm³/mol. The van der Waals surface area contributed by atoms with Crippen molar-refractivity contribution in [2.24, 2.45) is 0 Å². The Morgan fingerprint density at radius 1 is 1.32 bits per heavy atom. The number of ether oxygens (including phenoxy) is 1. The molecule has 2 saturated heterocycles. The summed E-state index contributed by atoms with van der Waals surface area (Å²) in [5.74, 6) is 0.536. The van der Waals surface area contributed by atoms with Gasteiger partial charge in [0, 0.05) is 11.3 Å². The number of benzene rings is 1. The molecule has 5 rings (SSSR count). The van der Waals surface area contributed by atoms with Crippen LogP contribution in [0.25, 0.3) is 11.2 Å². The van der Waals surface area contributed by atoms with E-state index in [1.165, 1.54) is 6.33 Å². The van der Waals surface area contributed by atoms with Gasteiger partial charge in [-0.1, -0.05) is 18.2 Å². The van der Waals surface area contributed by atoms with Crippen molar-refractivity contribution >= 4 is 34.7 Å². The van der Waals surface area contributed by atoms with Crippen molar-refractivity contribution in [3.63, 3.8) is 0 Å². The number of aliphatic hydroxyl groups is 2. The number of carbonyl (C=O) groups is 1. The van der Waals surface area contributed by atoms with Gasteiger partial charge in [0.05, 0.1) is 18.2 Å². The molecule has 0 spiro atoms. The first kappa shape index (κ1) is 17.6. The van der Waals surface area contributed by atoms with Crippen molar-refractivity contribution in [3.8, 4) is 0 Å². The topological polar surface area (TPSA) is 122 Å². The average Bonchev–Trinajstić information content (AvgIpc) is 3.39. The van der Waals surface area contributed by atoms with Crippen molar-refractivity contribution in [3.05, 3.63) is 48.5 Å². The molecule has 4 heterocycles. The van der Waals surface area contributed by atoms with Gasteiger partial charge < -0.3 is 20.3 Å². The van der Waals surface area contributed by atoms with Crippen LogP contribution in [-0.4, -0.2) is 65.0 Å². The van der Waals surface area contributed by atoms with E-state index >= 15 is 0 Å². The molecule has 0 aliphatic carbocycles. The highest BCUT2D eigenvalue weighted by atomic mass is 32.2. The number of hydrogen-bond acceptors (Lipinski definition) is 8. The van der Waals surface area contributed by atoms with E-state index in [2.05, 4.69) is 20.3 Å². The highest BCUT2D eigenvalue weighted by Gasteiger charge is 2.60. The summed E-state index contributed by atoms with van der Waals surface area (Å²) in [7, 11) is 0. The second kappa shape index (κ2) is 6.52. The minimum atomic E-state index is -0.964. The first-order chi connectivity index (χ1) is 13.6. The molecule has 1 unspecified atom stereocenters. The van der Waals surface area contributed by atoms with E-state index in [9.17, 15) is 15.0 Å². The summed E-state index contributed by atoms with van der Waals surface area (Å²) in [4.78, 5) is 25.2. The predicted octanol–water partition coefficient (Wildman–Crippen LogP) is 0.815. The van der Waals surface area contributed by atoms with E-state index in [0.29, 0.717) is 28.3 Å². The number of nitrogens with one attached hydrogen (secondary N) is 1. The van der Waals surface area contributed by atoms with Crippen LogP contribution in [0.5, 0.6) is 0 Å². The Morgan fingerprint density at radius 3 is 2.89 bits per heavy atom. The van der Waals surface area contributed by atoms with Gasteiger partial charge in [0.15, 0.2) is 23.2 Å². The zero-order valence-corrected chi connectivity index (χ0v) is 15.4. The van der Waals surface area contributed by atoms with Crippen LogP contribution in [0.4, 0.5) is 5.82 Å². The second-order valence-corrected chi connectivity index (χ2v) is 7.98. The summed E-state index contributed by atoms with van der Waals surface area (Å²) >= 11 is 1.55. The number of aliphatic hydroxyl groups excluding tert-OH is 2. The highest BCUT2D eigenvalue weighted by molar-refractivity contribution is 8.00. The Balaban J connectivity index is 1.48. The van der Waals surface area contributed by atoms with Crippen LogP contribution in [0.1, 0.15) is 16.6 Å². The molecular formula is C18H17N5O4S. The molecule has 2 aromatic heterocycles. The maximum absolute atomic E-state index is 12.5. The molecule has 1 amide bonds. The van der Waals surface area contributed by atoms with E-state index < -0.39 is 17.9 Å². The SMILES string of the molecule is O=C(Nc1ncnc2c1ncn2[C@@H]1O[C@]2(CO)CSC1[C@@H]2O)c1ccccc1. The lowest BCUT2D eigenvalue weighted by Crippen LogP contribution is -2.43. The fraction of sp³-hybridized carbons (Fsp3) is 0.333. The zero-order chi connectivity index (χ0) is 19.3. The first-order valence-electron chi connectivity index (χ1n) is 8.75. The van der Waals surface area contributed by atoms with Crippen molar-refractivity contribution in [1.29, 1.82) is 0 Å². The summed E-state index contributed by atoms with van der Waals surface area (Å²) in [6, 6.07) is 8.82. The molecule has 144 valence electrons. The lowest BCUT2D eigenvalue weighted by atomic mass is 10.0. The Labute approximate surface area is 163 Å². The van der Waals surface area contributed by atoms with Gasteiger partial charge in [-0.25, -0.2) is 15.0 Å². The number of rotatable bonds is 4. The van der Waals surface area contributed by atoms with Crippen LogP contribution in [0.15, 0.2) is 43.0 Å². The molecule has 3 N–H and O–H groups in total. The summed E-state index contributed by atoms with van der Waals surface area (Å²) < 4.78 is 7.72. The van der Waals surface area contributed by atoms with Gasteiger partial charge in [0.1, 0.15) is 18.0 Å². The molecule has 28 heavy (non-hydrogen) atoms. The van der Waals surface area contributed by atoms with Gasteiger partial charge in [-0.05, 0) is 12.1 Å². The lowest BCUT2D eigenvalue weighted by molar-refractivity contribution is -0.112. The Bertz CT molecular complexity index is 1040. The van der Waals surface area contributed by atoms with Crippen LogP contribution in [0.3, 0.4) is 0 Å². The van der Waals surface area contributed by atoms with E-state index in [4.69, 9.17) is 4.74 Å². The molecule has 0 radical (unpaired) electrons. The standard InChI is InChI=1S/C18H17N5O4S/c24-6-18-7-28-12(13(18)25)17(27-18)23-9-21-11-14(19-8-20-15(11)23)22-16(26)10-4-2-1-3-5-10/h1-5,8-9,12-13,17,24-25H,6-7H2,(H,19,20,22,26)/t12?,13-,17+,18+/m0/s1. The average molecular weight is 399 g/mol. The molecule has 10 heteroatoms. The number of aromatic nitrogens is 4. The van der Waals surface area contributed by atoms with E-state index in [1.807, 2.05) is 6.07 Å². The van der Waals surface area contributed by atoms with Crippen LogP contribution in [0.2, 0.25) is 0 Å². The van der Waals surface area contributed by atoms with Crippen LogP contribution in [0, 0.1) is 0 Å². The monoisotopic (exact) mass is 399 g/mol. The third-order valence-electron chi connectivity index (χ3n) is 5.18. The van der Waals surface area contributed by atoms with Gasteiger partial charge in [-0.2, -0.15) is 0 Å². The summed E-state index contributed by atoms with van der Waals surface area (Å²) in [5.41, 5.74) is 0.454. The Morgan fingerprint density at radius 2 is 2.14 bits per heavy atom. The molecule has 2 bridgehead atoms. The van der Waals surface area contributed by atoms with Crippen molar-refractivity contribution in [2.75, 3.05) is 17.7 Å².